The molecule has 1 aromatic carbocycles. The zero-order valence-corrected chi connectivity index (χ0v) is 7.48. The Kier molecular flexibility index (Phi) is 3.69. The van der Waals surface area contributed by atoms with Gasteiger partial charge in [0.15, 0.2) is 0 Å². The van der Waals surface area contributed by atoms with E-state index in [1.54, 1.807) is 0 Å². The highest BCUT2D eigenvalue weighted by molar-refractivity contribution is 5.81. The summed E-state index contributed by atoms with van der Waals surface area (Å²) in [6, 6.07) is 2.89. The normalized spacial score (nSPS) is 12.1. The molecule has 0 aliphatic heterocycles. The Balaban J connectivity index is 2.81. The van der Waals surface area contributed by atoms with Crippen LogP contribution in [0.1, 0.15) is 5.56 Å². The van der Waals surface area contributed by atoms with E-state index in [-0.39, 0.29) is 11.5 Å². The fraction of sp³-hybridized carbons (Fsp3) is 0. The van der Waals surface area contributed by atoms with Gasteiger partial charge >= 0.3 is 0 Å². The molecule has 80 valence electrons. The van der Waals surface area contributed by atoms with Crippen LogP contribution in [0.3, 0.4) is 0 Å². The summed E-state index contributed by atoms with van der Waals surface area (Å²) in [5.74, 6) is -1.76. The number of nitrogens with two attached hydrogens (primary N) is 1. The Hall–Kier alpha value is -2.02. The standard InChI is InChI=1S/C8H8F2N4O/c9-6-1-5(2-7(10)3-6)4-12-13-8(11)14-15/h1-4,15H,(H3,11,13,14)/b12-4+. The van der Waals surface area contributed by atoms with Crippen molar-refractivity contribution in [1.82, 2.24) is 5.48 Å². The Morgan fingerprint density at radius 2 is 1.93 bits per heavy atom. The number of nitrogens with zero attached hydrogens (tertiary/aromatic N) is 2. The molecule has 0 aliphatic carbocycles. The van der Waals surface area contributed by atoms with Crippen molar-refractivity contribution in [3.8, 4) is 0 Å². The smallest absolute Gasteiger partial charge is 0.237 e. The lowest BCUT2D eigenvalue weighted by atomic mass is 10.2. The predicted molar refractivity (Wildman–Crippen MR) is 50.5 cm³/mol. The van der Waals surface area contributed by atoms with E-state index in [1.165, 1.54) is 5.48 Å². The third-order valence-electron chi connectivity index (χ3n) is 1.37. The van der Waals surface area contributed by atoms with E-state index < -0.39 is 11.6 Å². The first-order chi connectivity index (χ1) is 7.11. The predicted octanol–water partition coefficient (Wildman–Crippen LogP) is 0.592. The van der Waals surface area contributed by atoms with Crippen LogP contribution >= 0.6 is 0 Å². The maximum absolute atomic E-state index is 12.7. The van der Waals surface area contributed by atoms with Crippen LogP contribution in [-0.4, -0.2) is 17.4 Å². The number of hydrogen-bond donors (Lipinski definition) is 3. The Bertz CT molecular complexity index is 385. The van der Waals surface area contributed by atoms with Crippen LogP contribution in [0.4, 0.5) is 8.78 Å². The second-order valence-electron chi connectivity index (χ2n) is 2.54. The van der Waals surface area contributed by atoms with Crippen molar-refractivity contribution in [2.24, 2.45) is 15.9 Å². The van der Waals surface area contributed by atoms with Crippen molar-refractivity contribution in [1.29, 1.82) is 0 Å². The molecule has 0 aromatic heterocycles. The van der Waals surface area contributed by atoms with Gasteiger partial charge < -0.3 is 5.73 Å². The molecule has 0 saturated heterocycles. The molecule has 0 fully saturated rings. The highest BCUT2D eigenvalue weighted by atomic mass is 19.1. The molecule has 0 atom stereocenters. The van der Waals surface area contributed by atoms with Crippen LogP contribution in [0.25, 0.3) is 0 Å². The molecule has 7 heteroatoms. The largest absolute Gasteiger partial charge is 0.367 e. The molecule has 1 aromatic rings. The second kappa shape index (κ2) is 5.01. The van der Waals surface area contributed by atoms with E-state index in [0.29, 0.717) is 0 Å². The Morgan fingerprint density at radius 3 is 2.47 bits per heavy atom. The number of rotatable bonds is 2. The third-order valence-corrected chi connectivity index (χ3v) is 1.37. The summed E-state index contributed by atoms with van der Waals surface area (Å²) in [5, 5.41) is 14.9. The average Bonchev–Trinajstić information content (AvgIpc) is 2.16. The van der Waals surface area contributed by atoms with Gasteiger partial charge in [-0.05, 0) is 12.1 Å². The minimum absolute atomic E-state index is 0.196. The number of benzene rings is 1. The summed E-state index contributed by atoms with van der Waals surface area (Å²) in [4.78, 5) is 0. The topological polar surface area (TPSA) is 83.0 Å². The van der Waals surface area contributed by atoms with Gasteiger partial charge in [-0.3, -0.25) is 5.21 Å². The Labute approximate surface area is 83.9 Å². The molecule has 0 heterocycles. The maximum Gasteiger partial charge on any atom is 0.237 e. The number of hydroxylamine groups is 1. The van der Waals surface area contributed by atoms with Crippen molar-refractivity contribution < 1.29 is 14.0 Å². The van der Waals surface area contributed by atoms with Gasteiger partial charge in [-0.25, -0.2) is 14.3 Å². The van der Waals surface area contributed by atoms with Crippen molar-refractivity contribution in [2.45, 2.75) is 0 Å². The average molecular weight is 214 g/mol. The van der Waals surface area contributed by atoms with Crippen LogP contribution in [0.5, 0.6) is 0 Å². The number of nitrogens with one attached hydrogen (secondary N) is 1. The summed E-state index contributed by atoms with van der Waals surface area (Å²) in [7, 11) is 0. The lowest BCUT2D eigenvalue weighted by Gasteiger charge is -1.94. The quantitative estimate of drug-likeness (QED) is 0.383. The minimum atomic E-state index is -0.714. The van der Waals surface area contributed by atoms with E-state index in [9.17, 15) is 8.78 Å². The fourth-order valence-electron chi connectivity index (χ4n) is 0.830. The summed E-state index contributed by atoms with van der Waals surface area (Å²) in [6.45, 7) is 0. The van der Waals surface area contributed by atoms with E-state index in [0.717, 1.165) is 24.4 Å². The van der Waals surface area contributed by atoms with Crippen LogP contribution in [-0.2, 0) is 0 Å². The maximum atomic E-state index is 12.7. The molecule has 0 bridgehead atoms. The van der Waals surface area contributed by atoms with Crippen molar-refractivity contribution in [2.75, 3.05) is 0 Å². The summed E-state index contributed by atoms with van der Waals surface area (Å²) < 4.78 is 25.3. The molecule has 0 spiro atoms. The molecular weight excluding hydrogens is 206 g/mol. The van der Waals surface area contributed by atoms with Gasteiger partial charge in [-0.15, -0.1) is 5.10 Å². The van der Waals surface area contributed by atoms with Crippen LogP contribution in [0.2, 0.25) is 0 Å². The van der Waals surface area contributed by atoms with Gasteiger partial charge in [0, 0.05) is 11.6 Å². The molecule has 0 aliphatic rings. The SMILES string of the molecule is N/C(=N\N=C\c1cc(F)cc(F)c1)NO. The van der Waals surface area contributed by atoms with Gasteiger partial charge in [-0.1, -0.05) is 0 Å². The molecule has 0 amide bonds. The first-order valence-electron chi connectivity index (χ1n) is 3.84. The van der Waals surface area contributed by atoms with Crippen LogP contribution in [0.15, 0.2) is 28.4 Å². The molecule has 0 saturated carbocycles. The molecule has 15 heavy (non-hydrogen) atoms. The molecule has 5 nitrogen and oxygen atoms in total. The van der Waals surface area contributed by atoms with E-state index in [1.807, 2.05) is 0 Å². The number of guanidine groups is 1. The lowest BCUT2D eigenvalue weighted by molar-refractivity contribution is 0.232. The molecule has 0 unspecified atom stereocenters. The minimum Gasteiger partial charge on any atom is -0.367 e. The zero-order chi connectivity index (χ0) is 11.3. The number of halogens is 2. The Morgan fingerprint density at radius 1 is 1.33 bits per heavy atom. The van der Waals surface area contributed by atoms with E-state index >= 15 is 0 Å². The molecular formula is C8H8F2N4O. The summed E-state index contributed by atoms with van der Waals surface area (Å²) >= 11 is 0. The van der Waals surface area contributed by atoms with E-state index in [2.05, 4.69) is 10.2 Å². The monoisotopic (exact) mass is 214 g/mol. The second-order valence-corrected chi connectivity index (χ2v) is 2.54. The van der Waals surface area contributed by atoms with Gasteiger partial charge in [0.1, 0.15) is 11.6 Å². The molecule has 1 rings (SSSR count). The highest BCUT2D eigenvalue weighted by Gasteiger charge is 1.97. The van der Waals surface area contributed by atoms with Crippen molar-refractivity contribution in [3.05, 3.63) is 35.4 Å². The lowest BCUT2D eigenvalue weighted by Crippen LogP contribution is -2.27. The first-order valence-corrected chi connectivity index (χ1v) is 3.84. The van der Waals surface area contributed by atoms with E-state index in [4.69, 9.17) is 10.9 Å². The summed E-state index contributed by atoms with van der Waals surface area (Å²) in [6.07, 6.45) is 1.09. The zero-order valence-electron chi connectivity index (χ0n) is 7.48. The van der Waals surface area contributed by atoms with Gasteiger partial charge in [0.2, 0.25) is 5.96 Å². The highest BCUT2D eigenvalue weighted by Crippen LogP contribution is 2.05. The summed E-state index contributed by atoms with van der Waals surface area (Å²) in [5.41, 5.74) is 6.76. The van der Waals surface area contributed by atoms with Gasteiger partial charge in [0.25, 0.3) is 0 Å². The first kappa shape index (κ1) is 11.1. The molecule has 4 N–H and O–H groups in total. The number of hydrogen-bond acceptors (Lipinski definition) is 3. The van der Waals surface area contributed by atoms with Gasteiger partial charge in [-0.2, -0.15) is 5.10 Å². The fourth-order valence-corrected chi connectivity index (χ4v) is 0.830. The van der Waals surface area contributed by atoms with Crippen molar-refractivity contribution >= 4 is 12.2 Å². The van der Waals surface area contributed by atoms with Gasteiger partial charge in [0.05, 0.1) is 6.21 Å². The van der Waals surface area contributed by atoms with Crippen LogP contribution < -0.4 is 11.2 Å². The third kappa shape index (κ3) is 3.69. The van der Waals surface area contributed by atoms with Crippen molar-refractivity contribution in [3.63, 3.8) is 0 Å². The molecule has 0 radical (unpaired) electrons. The van der Waals surface area contributed by atoms with Crippen LogP contribution in [0, 0.1) is 11.6 Å².